The summed E-state index contributed by atoms with van der Waals surface area (Å²) < 4.78 is 4.62. The zero-order valence-electron chi connectivity index (χ0n) is 10.6. The van der Waals surface area contributed by atoms with Gasteiger partial charge in [0.05, 0.1) is 24.7 Å². The molecule has 100 valence electrons. The average Bonchev–Trinajstić information content (AvgIpc) is 2.89. The van der Waals surface area contributed by atoms with Crippen LogP contribution in [0.2, 0.25) is 0 Å². The average molecular weight is 270 g/mol. The maximum Gasteiger partial charge on any atom is 0.325 e. The van der Waals surface area contributed by atoms with E-state index in [9.17, 15) is 9.59 Å². The first kappa shape index (κ1) is 14.8. The molecule has 0 aliphatic heterocycles. The Kier molecular flexibility index (Phi) is 6.58. The molecule has 0 spiro atoms. The number of nitrogens with zero attached hydrogens (tertiary/aromatic N) is 2. The van der Waals surface area contributed by atoms with Crippen molar-refractivity contribution in [1.82, 2.24) is 4.90 Å². The van der Waals surface area contributed by atoms with Crippen molar-refractivity contribution in [2.45, 2.75) is 31.7 Å². The Morgan fingerprint density at radius 3 is 2.67 bits per heavy atom. The van der Waals surface area contributed by atoms with Gasteiger partial charge in [0.1, 0.15) is 6.54 Å². The number of methoxy groups -OCH3 is 1. The summed E-state index contributed by atoms with van der Waals surface area (Å²) in [5, 5.41) is 8.44. The van der Waals surface area contributed by atoms with E-state index in [4.69, 9.17) is 5.26 Å². The number of hydrogen-bond acceptors (Lipinski definition) is 5. The fourth-order valence-electron chi connectivity index (χ4n) is 2.11. The number of hydrogen-bond donors (Lipinski definition) is 0. The molecule has 1 amide bonds. The topological polar surface area (TPSA) is 70.4 Å². The van der Waals surface area contributed by atoms with Gasteiger partial charge in [-0.1, -0.05) is 12.8 Å². The van der Waals surface area contributed by atoms with E-state index >= 15 is 0 Å². The summed E-state index contributed by atoms with van der Waals surface area (Å²) in [6.07, 6.45) is 4.10. The molecule has 0 radical (unpaired) electrons. The van der Waals surface area contributed by atoms with Gasteiger partial charge in [0, 0.05) is 6.04 Å². The maximum absolute atomic E-state index is 12.0. The summed E-state index contributed by atoms with van der Waals surface area (Å²) in [5.74, 6) is 0.0804. The van der Waals surface area contributed by atoms with Gasteiger partial charge in [0.25, 0.3) is 0 Å². The summed E-state index contributed by atoms with van der Waals surface area (Å²) >= 11 is 1.28. The van der Waals surface area contributed by atoms with Gasteiger partial charge in [0.15, 0.2) is 0 Å². The first-order valence-corrected chi connectivity index (χ1v) is 7.15. The first-order valence-electron chi connectivity index (χ1n) is 6.00. The molecule has 1 saturated carbocycles. The third kappa shape index (κ3) is 4.57. The Morgan fingerprint density at radius 2 is 2.11 bits per heavy atom. The van der Waals surface area contributed by atoms with Crippen LogP contribution in [0.15, 0.2) is 0 Å². The van der Waals surface area contributed by atoms with Crippen LogP contribution < -0.4 is 0 Å². The number of amides is 1. The van der Waals surface area contributed by atoms with E-state index < -0.39 is 0 Å². The van der Waals surface area contributed by atoms with Gasteiger partial charge in [0.2, 0.25) is 5.91 Å². The van der Waals surface area contributed by atoms with Crippen LogP contribution in [0.4, 0.5) is 0 Å². The number of rotatable bonds is 6. The van der Waals surface area contributed by atoms with Gasteiger partial charge in [-0.25, -0.2) is 0 Å². The van der Waals surface area contributed by atoms with Crippen molar-refractivity contribution in [3.8, 4) is 6.07 Å². The van der Waals surface area contributed by atoms with E-state index in [1.165, 1.54) is 18.9 Å². The molecule has 18 heavy (non-hydrogen) atoms. The highest BCUT2D eigenvalue weighted by molar-refractivity contribution is 8.00. The maximum atomic E-state index is 12.0. The lowest BCUT2D eigenvalue weighted by Crippen LogP contribution is -2.43. The van der Waals surface area contributed by atoms with Crippen molar-refractivity contribution < 1.29 is 14.3 Å². The summed E-state index contributed by atoms with van der Waals surface area (Å²) in [5.41, 5.74) is 0. The molecular formula is C12H18N2O3S. The monoisotopic (exact) mass is 270 g/mol. The standard InChI is InChI=1S/C12H18N2O3S/c1-17-12(16)8-14(10-4-2-3-5-10)11(15)9-18-7-6-13/h10H,2-5,7-9H2,1H3. The molecule has 0 saturated heterocycles. The van der Waals surface area contributed by atoms with Crippen LogP contribution in [-0.4, -0.2) is 48.0 Å². The highest BCUT2D eigenvalue weighted by atomic mass is 32.2. The number of ether oxygens (including phenoxy) is 1. The Hall–Kier alpha value is -1.22. The van der Waals surface area contributed by atoms with Gasteiger partial charge in [-0.15, -0.1) is 11.8 Å². The summed E-state index contributed by atoms with van der Waals surface area (Å²) in [6, 6.07) is 2.14. The predicted molar refractivity (Wildman–Crippen MR) is 68.9 cm³/mol. The minimum atomic E-state index is -0.388. The van der Waals surface area contributed by atoms with Crippen LogP contribution in [0.1, 0.15) is 25.7 Å². The van der Waals surface area contributed by atoms with Crippen molar-refractivity contribution in [2.75, 3.05) is 25.2 Å². The second kappa shape index (κ2) is 7.98. The molecule has 5 nitrogen and oxygen atoms in total. The van der Waals surface area contributed by atoms with E-state index in [1.807, 2.05) is 6.07 Å². The molecule has 0 bridgehead atoms. The van der Waals surface area contributed by atoms with Crippen molar-refractivity contribution in [3.63, 3.8) is 0 Å². The molecule has 0 atom stereocenters. The molecule has 6 heteroatoms. The molecule has 1 fully saturated rings. The van der Waals surface area contributed by atoms with E-state index in [0.29, 0.717) is 5.75 Å². The van der Waals surface area contributed by atoms with Crippen LogP contribution >= 0.6 is 11.8 Å². The summed E-state index contributed by atoms with van der Waals surface area (Å²) in [6.45, 7) is 0.0209. The molecule has 1 aliphatic carbocycles. The first-order chi connectivity index (χ1) is 8.69. The van der Waals surface area contributed by atoms with E-state index in [0.717, 1.165) is 25.7 Å². The highest BCUT2D eigenvalue weighted by Gasteiger charge is 2.28. The van der Waals surface area contributed by atoms with Gasteiger partial charge in [-0.2, -0.15) is 5.26 Å². The van der Waals surface area contributed by atoms with Crippen LogP contribution in [0.5, 0.6) is 0 Å². The third-order valence-corrected chi connectivity index (χ3v) is 3.79. The number of thioether (sulfide) groups is 1. The van der Waals surface area contributed by atoms with Gasteiger partial charge in [-0.05, 0) is 12.8 Å². The molecule has 0 unspecified atom stereocenters. The van der Waals surface area contributed by atoms with Crippen molar-refractivity contribution in [3.05, 3.63) is 0 Å². The van der Waals surface area contributed by atoms with E-state index in [1.54, 1.807) is 4.90 Å². The number of esters is 1. The highest BCUT2D eigenvalue weighted by Crippen LogP contribution is 2.24. The molecule has 1 rings (SSSR count). The second-order valence-electron chi connectivity index (χ2n) is 4.19. The molecule has 0 aromatic rings. The van der Waals surface area contributed by atoms with Crippen LogP contribution in [-0.2, 0) is 14.3 Å². The fraction of sp³-hybridized carbons (Fsp3) is 0.750. The quantitative estimate of drug-likeness (QED) is 0.535. The summed E-state index contributed by atoms with van der Waals surface area (Å²) in [7, 11) is 1.32. The number of carbonyl (C=O) groups excluding carboxylic acids is 2. The normalized spacial score (nSPS) is 15.1. The Bertz CT molecular complexity index is 335. The van der Waals surface area contributed by atoms with E-state index in [2.05, 4.69) is 4.74 Å². The zero-order chi connectivity index (χ0) is 13.4. The van der Waals surface area contributed by atoms with Crippen molar-refractivity contribution in [1.29, 1.82) is 5.26 Å². The van der Waals surface area contributed by atoms with Crippen LogP contribution in [0.25, 0.3) is 0 Å². The number of nitriles is 1. The molecule has 0 aromatic heterocycles. The number of carbonyl (C=O) groups is 2. The SMILES string of the molecule is COC(=O)CN(C(=O)CSCC#N)C1CCCC1. The Morgan fingerprint density at radius 1 is 1.44 bits per heavy atom. The largest absolute Gasteiger partial charge is 0.468 e. The summed E-state index contributed by atoms with van der Waals surface area (Å²) in [4.78, 5) is 25.0. The minimum absolute atomic E-state index is 0.0209. The lowest BCUT2D eigenvalue weighted by Gasteiger charge is -2.27. The second-order valence-corrected chi connectivity index (χ2v) is 5.17. The van der Waals surface area contributed by atoms with Crippen molar-refractivity contribution >= 4 is 23.6 Å². The third-order valence-electron chi connectivity index (χ3n) is 3.01. The van der Waals surface area contributed by atoms with Gasteiger partial charge < -0.3 is 9.64 Å². The zero-order valence-corrected chi connectivity index (χ0v) is 11.4. The van der Waals surface area contributed by atoms with Gasteiger partial charge >= 0.3 is 5.97 Å². The molecule has 0 N–H and O–H groups in total. The molecule has 0 heterocycles. The molecular weight excluding hydrogens is 252 g/mol. The minimum Gasteiger partial charge on any atom is -0.468 e. The van der Waals surface area contributed by atoms with Crippen LogP contribution in [0.3, 0.4) is 0 Å². The van der Waals surface area contributed by atoms with Gasteiger partial charge in [-0.3, -0.25) is 9.59 Å². The predicted octanol–water partition coefficient (Wildman–Crippen LogP) is 1.19. The lowest BCUT2D eigenvalue weighted by molar-refractivity contribution is -0.147. The van der Waals surface area contributed by atoms with E-state index in [-0.39, 0.29) is 30.2 Å². The fourth-order valence-corrected chi connectivity index (χ4v) is 2.64. The smallest absolute Gasteiger partial charge is 0.325 e. The van der Waals surface area contributed by atoms with Crippen molar-refractivity contribution in [2.24, 2.45) is 0 Å². The molecule has 0 aromatic carbocycles. The lowest BCUT2D eigenvalue weighted by atomic mass is 10.2. The Labute approximate surface area is 111 Å². The Balaban J connectivity index is 2.55. The van der Waals surface area contributed by atoms with Crippen LogP contribution in [0, 0.1) is 11.3 Å². The molecule has 1 aliphatic rings.